The van der Waals surface area contributed by atoms with E-state index in [0.717, 1.165) is 5.39 Å². The fourth-order valence-electron chi connectivity index (χ4n) is 1.93. The summed E-state index contributed by atoms with van der Waals surface area (Å²) in [4.78, 5) is 16.0. The maximum atomic E-state index is 11.9. The molecule has 3 rings (SSSR count). The van der Waals surface area contributed by atoms with Crippen LogP contribution in [0.5, 0.6) is 5.75 Å². The van der Waals surface area contributed by atoms with Gasteiger partial charge in [-0.05, 0) is 40.2 Å². The molecular formula is C16H10BrNO3. The Morgan fingerprint density at radius 3 is 2.76 bits per heavy atom. The zero-order valence-electron chi connectivity index (χ0n) is 10.8. The van der Waals surface area contributed by atoms with Gasteiger partial charge in [-0.2, -0.15) is 0 Å². The van der Waals surface area contributed by atoms with E-state index < -0.39 is 5.63 Å². The molecule has 0 unspecified atom stereocenters. The lowest BCUT2D eigenvalue weighted by Gasteiger charge is -2.01. The van der Waals surface area contributed by atoms with E-state index in [1.54, 1.807) is 36.4 Å². The van der Waals surface area contributed by atoms with Crippen molar-refractivity contribution >= 4 is 38.8 Å². The minimum Gasteiger partial charge on any atom is -0.507 e. The van der Waals surface area contributed by atoms with Crippen LogP contribution in [0.25, 0.3) is 11.0 Å². The molecule has 104 valence electrons. The standard InChI is InChI=1S/C16H10BrNO3/c17-12-5-3-6-14(19)11(12)9-18-13-8-10-4-1-2-7-15(10)21-16(13)20/h1-9,19H. The maximum absolute atomic E-state index is 11.9. The van der Waals surface area contributed by atoms with Gasteiger partial charge >= 0.3 is 5.63 Å². The predicted octanol–water partition coefficient (Wildman–Crippen LogP) is 4.01. The number of phenolic OH excluding ortho intramolecular Hbond substituents is 1. The Labute approximate surface area is 128 Å². The fraction of sp³-hybridized carbons (Fsp3) is 0. The minimum absolute atomic E-state index is 0.0818. The predicted molar refractivity (Wildman–Crippen MR) is 85.5 cm³/mol. The number of phenols is 1. The van der Waals surface area contributed by atoms with Crippen molar-refractivity contribution in [1.29, 1.82) is 0 Å². The third kappa shape index (κ3) is 2.73. The molecule has 0 atom stereocenters. The molecule has 0 radical (unpaired) electrons. The van der Waals surface area contributed by atoms with Crippen LogP contribution in [0.3, 0.4) is 0 Å². The average molecular weight is 344 g/mol. The van der Waals surface area contributed by atoms with Crippen LogP contribution in [0.15, 0.2) is 67.2 Å². The van der Waals surface area contributed by atoms with Gasteiger partial charge in [0.15, 0.2) is 0 Å². The van der Waals surface area contributed by atoms with Gasteiger partial charge in [-0.25, -0.2) is 9.79 Å². The van der Waals surface area contributed by atoms with Gasteiger partial charge in [-0.3, -0.25) is 0 Å². The summed E-state index contributed by atoms with van der Waals surface area (Å²) >= 11 is 3.33. The second kappa shape index (κ2) is 5.54. The summed E-state index contributed by atoms with van der Waals surface area (Å²) < 4.78 is 5.89. The molecule has 0 amide bonds. The molecule has 0 fully saturated rings. The molecule has 0 aliphatic heterocycles. The number of hydrogen-bond donors (Lipinski definition) is 1. The van der Waals surface area contributed by atoms with Gasteiger partial charge < -0.3 is 9.52 Å². The van der Waals surface area contributed by atoms with Crippen molar-refractivity contribution in [3.05, 3.63) is 69.0 Å². The number of halogens is 1. The first kappa shape index (κ1) is 13.6. The average Bonchev–Trinajstić information content (AvgIpc) is 2.47. The summed E-state index contributed by atoms with van der Waals surface area (Å²) in [7, 11) is 0. The van der Waals surface area contributed by atoms with Crippen LogP contribution >= 0.6 is 15.9 Å². The maximum Gasteiger partial charge on any atom is 0.362 e. The monoisotopic (exact) mass is 343 g/mol. The molecule has 0 saturated carbocycles. The highest BCUT2D eigenvalue weighted by atomic mass is 79.9. The first-order valence-electron chi connectivity index (χ1n) is 6.19. The SMILES string of the molecule is O=c1oc2ccccc2cc1N=Cc1c(O)cccc1Br. The third-order valence-electron chi connectivity index (χ3n) is 2.99. The molecule has 1 N–H and O–H groups in total. The van der Waals surface area contributed by atoms with E-state index >= 15 is 0 Å². The van der Waals surface area contributed by atoms with Gasteiger partial charge in [0.1, 0.15) is 17.0 Å². The van der Waals surface area contributed by atoms with Crippen molar-refractivity contribution in [2.45, 2.75) is 0 Å². The Balaban J connectivity index is 2.07. The Kier molecular flexibility index (Phi) is 3.58. The Bertz CT molecular complexity index is 879. The molecule has 3 aromatic rings. The molecule has 21 heavy (non-hydrogen) atoms. The highest BCUT2D eigenvalue weighted by Crippen LogP contribution is 2.24. The molecule has 2 aromatic carbocycles. The number of fused-ring (bicyclic) bond motifs is 1. The van der Waals surface area contributed by atoms with Crippen LogP contribution in [0.1, 0.15) is 5.56 Å². The summed E-state index contributed by atoms with van der Waals surface area (Å²) in [6.07, 6.45) is 1.43. The normalized spacial score (nSPS) is 11.3. The highest BCUT2D eigenvalue weighted by molar-refractivity contribution is 9.10. The number of para-hydroxylation sites is 1. The largest absolute Gasteiger partial charge is 0.507 e. The van der Waals surface area contributed by atoms with Gasteiger partial charge in [0, 0.05) is 21.6 Å². The van der Waals surface area contributed by atoms with Crippen molar-refractivity contribution < 1.29 is 9.52 Å². The Hall–Kier alpha value is -2.40. The first-order chi connectivity index (χ1) is 10.1. The molecule has 4 nitrogen and oxygen atoms in total. The fourth-order valence-corrected chi connectivity index (χ4v) is 2.39. The molecule has 1 aromatic heterocycles. The zero-order chi connectivity index (χ0) is 14.8. The third-order valence-corrected chi connectivity index (χ3v) is 3.68. The van der Waals surface area contributed by atoms with Crippen LogP contribution in [0, 0.1) is 0 Å². The lowest BCUT2D eigenvalue weighted by Crippen LogP contribution is -1.98. The second-order valence-electron chi connectivity index (χ2n) is 4.39. The van der Waals surface area contributed by atoms with Crippen LogP contribution in [0.4, 0.5) is 5.69 Å². The zero-order valence-corrected chi connectivity index (χ0v) is 12.4. The number of hydrogen-bond acceptors (Lipinski definition) is 4. The number of aromatic hydroxyl groups is 1. The van der Waals surface area contributed by atoms with Crippen molar-refractivity contribution in [2.24, 2.45) is 4.99 Å². The molecule has 0 spiro atoms. The lowest BCUT2D eigenvalue weighted by atomic mass is 10.2. The molecular weight excluding hydrogens is 334 g/mol. The molecule has 5 heteroatoms. The number of benzene rings is 2. The van der Waals surface area contributed by atoms with Crippen LogP contribution in [0.2, 0.25) is 0 Å². The van der Waals surface area contributed by atoms with Gasteiger partial charge in [0.25, 0.3) is 0 Å². The summed E-state index contributed by atoms with van der Waals surface area (Å²) in [5.74, 6) is 0.0818. The van der Waals surface area contributed by atoms with Gasteiger partial charge in [0.2, 0.25) is 0 Å². The molecule has 0 aliphatic carbocycles. The first-order valence-corrected chi connectivity index (χ1v) is 6.99. The Morgan fingerprint density at radius 1 is 1.14 bits per heavy atom. The van der Waals surface area contributed by atoms with E-state index in [4.69, 9.17) is 4.42 Å². The van der Waals surface area contributed by atoms with Gasteiger partial charge in [0.05, 0.1) is 0 Å². The van der Waals surface area contributed by atoms with E-state index in [-0.39, 0.29) is 11.4 Å². The molecule has 0 aliphatic rings. The minimum atomic E-state index is -0.517. The number of nitrogens with zero attached hydrogens (tertiary/aromatic N) is 1. The Morgan fingerprint density at radius 2 is 1.95 bits per heavy atom. The highest BCUT2D eigenvalue weighted by Gasteiger charge is 2.05. The van der Waals surface area contributed by atoms with E-state index in [1.807, 2.05) is 12.1 Å². The summed E-state index contributed by atoms with van der Waals surface area (Å²) in [5, 5.41) is 10.6. The van der Waals surface area contributed by atoms with E-state index in [2.05, 4.69) is 20.9 Å². The summed E-state index contributed by atoms with van der Waals surface area (Å²) in [6.45, 7) is 0. The van der Waals surface area contributed by atoms with Crippen LogP contribution in [-0.2, 0) is 0 Å². The van der Waals surface area contributed by atoms with Crippen molar-refractivity contribution in [2.75, 3.05) is 0 Å². The number of aliphatic imine (C=N–C) groups is 1. The molecule has 0 bridgehead atoms. The summed E-state index contributed by atoms with van der Waals surface area (Å²) in [6, 6.07) is 13.9. The van der Waals surface area contributed by atoms with Crippen molar-refractivity contribution in [3.63, 3.8) is 0 Å². The smallest absolute Gasteiger partial charge is 0.362 e. The quantitative estimate of drug-likeness (QED) is 0.564. The molecule has 1 heterocycles. The lowest BCUT2D eigenvalue weighted by molar-refractivity contribution is 0.474. The van der Waals surface area contributed by atoms with Crippen molar-refractivity contribution in [1.82, 2.24) is 0 Å². The van der Waals surface area contributed by atoms with Crippen LogP contribution in [-0.4, -0.2) is 11.3 Å². The topological polar surface area (TPSA) is 62.8 Å². The van der Waals surface area contributed by atoms with Gasteiger partial charge in [-0.15, -0.1) is 0 Å². The van der Waals surface area contributed by atoms with Crippen molar-refractivity contribution in [3.8, 4) is 5.75 Å². The summed E-state index contributed by atoms with van der Waals surface area (Å²) in [5.41, 5.74) is 0.690. The molecule has 0 saturated heterocycles. The van der Waals surface area contributed by atoms with E-state index in [9.17, 15) is 9.90 Å². The second-order valence-corrected chi connectivity index (χ2v) is 5.24. The van der Waals surface area contributed by atoms with Gasteiger partial charge in [-0.1, -0.05) is 24.3 Å². The number of rotatable bonds is 2. The van der Waals surface area contributed by atoms with E-state index in [0.29, 0.717) is 15.6 Å². The van der Waals surface area contributed by atoms with E-state index in [1.165, 1.54) is 6.21 Å². The van der Waals surface area contributed by atoms with Crippen LogP contribution < -0.4 is 5.63 Å².